The van der Waals surface area contributed by atoms with Gasteiger partial charge in [-0.25, -0.2) is 4.79 Å². The number of rotatable bonds is 5. The van der Waals surface area contributed by atoms with E-state index in [-0.39, 0.29) is 6.54 Å². The molecule has 0 saturated heterocycles. The zero-order valence-corrected chi connectivity index (χ0v) is 10.8. The highest BCUT2D eigenvalue weighted by Gasteiger charge is 2.24. The normalized spacial score (nSPS) is 13.4. The number of carboxylic acid groups (broad SMARTS) is 1. The van der Waals surface area contributed by atoms with Gasteiger partial charge in [-0.15, -0.1) is 0 Å². The molecule has 1 atom stereocenters. The number of carbonyl (C=O) groups excluding carboxylic acids is 1. The minimum absolute atomic E-state index is 0.162. The Balaban J connectivity index is 2.49. The van der Waals surface area contributed by atoms with Crippen LogP contribution in [0.2, 0.25) is 0 Å². The summed E-state index contributed by atoms with van der Waals surface area (Å²) in [7, 11) is 0. The Kier molecular flexibility index (Phi) is 4.82. The maximum atomic E-state index is 11.6. The van der Waals surface area contributed by atoms with E-state index in [1.807, 2.05) is 6.92 Å². The van der Waals surface area contributed by atoms with Crippen LogP contribution in [0.15, 0.2) is 18.5 Å². The topological polar surface area (TPSA) is 112 Å². The average Bonchev–Trinajstić information content (AvgIpc) is 2.28. The van der Waals surface area contributed by atoms with Crippen LogP contribution in [0.5, 0.6) is 0 Å². The van der Waals surface area contributed by atoms with Crippen LogP contribution in [0.3, 0.4) is 0 Å². The molecule has 0 radical (unpaired) electrons. The van der Waals surface area contributed by atoms with Crippen LogP contribution in [0.1, 0.15) is 18.9 Å². The first kappa shape index (κ1) is 14.9. The largest absolute Gasteiger partial charge is 0.481 e. The zero-order valence-electron chi connectivity index (χ0n) is 10.8. The molecule has 0 fully saturated rings. The molecule has 0 aliphatic heterocycles. The van der Waals surface area contributed by atoms with Gasteiger partial charge in [0.1, 0.15) is 0 Å². The molecule has 19 heavy (non-hydrogen) atoms. The molecular formula is C12H17N3O4. The second-order valence-corrected chi connectivity index (χ2v) is 4.57. The predicted molar refractivity (Wildman–Crippen MR) is 68.9 cm³/mol. The van der Waals surface area contributed by atoms with Crippen molar-refractivity contribution >= 4 is 17.7 Å². The fraction of sp³-hybridized carbons (Fsp3) is 0.417. The number of hydrogen-bond acceptors (Lipinski definition) is 4. The number of pyridine rings is 1. The molecule has 7 nitrogen and oxygen atoms in total. The molecule has 4 N–H and O–H groups in total. The van der Waals surface area contributed by atoms with Crippen LogP contribution in [0.25, 0.3) is 0 Å². The second kappa shape index (κ2) is 6.14. The summed E-state index contributed by atoms with van der Waals surface area (Å²) in [5.41, 5.74) is -0.0898. The van der Waals surface area contributed by atoms with Crippen molar-refractivity contribution in [2.24, 2.45) is 0 Å². The molecule has 7 heteroatoms. The van der Waals surface area contributed by atoms with Crippen molar-refractivity contribution in [2.45, 2.75) is 25.9 Å². The predicted octanol–water partition coefficient (Wildman–Crippen LogP) is 0.737. The molecule has 0 aliphatic rings. The quantitative estimate of drug-likeness (QED) is 0.628. The number of nitrogens with zero attached hydrogens (tertiary/aromatic N) is 1. The van der Waals surface area contributed by atoms with Crippen LogP contribution >= 0.6 is 0 Å². The average molecular weight is 267 g/mol. The summed E-state index contributed by atoms with van der Waals surface area (Å²) in [6, 6.07) is 1.22. The molecular weight excluding hydrogens is 250 g/mol. The van der Waals surface area contributed by atoms with E-state index in [1.165, 1.54) is 13.1 Å². The van der Waals surface area contributed by atoms with Crippen molar-refractivity contribution in [1.82, 2.24) is 10.3 Å². The second-order valence-electron chi connectivity index (χ2n) is 4.57. The number of amides is 2. The van der Waals surface area contributed by atoms with Gasteiger partial charge >= 0.3 is 12.0 Å². The molecule has 1 rings (SSSR count). The van der Waals surface area contributed by atoms with Crippen molar-refractivity contribution in [3.8, 4) is 0 Å². The van der Waals surface area contributed by atoms with Gasteiger partial charge in [0, 0.05) is 12.7 Å². The Bertz CT molecular complexity index is 474. The summed E-state index contributed by atoms with van der Waals surface area (Å²) in [5.74, 6) is -1.13. The fourth-order valence-corrected chi connectivity index (χ4v) is 1.42. The minimum atomic E-state index is -1.49. The van der Waals surface area contributed by atoms with Gasteiger partial charge in [-0.1, -0.05) is 0 Å². The minimum Gasteiger partial charge on any atom is -0.481 e. The summed E-state index contributed by atoms with van der Waals surface area (Å²) in [6.07, 6.45) is 2.67. The molecule has 1 heterocycles. The highest BCUT2D eigenvalue weighted by Crippen LogP contribution is 2.11. The van der Waals surface area contributed by atoms with Gasteiger partial charge in [0.2, 0.25) is 0 Å². The summed E-state index contributed by atoms with van der Waals surface area (Å²) >= 11 is 0. The van der Waals surface area contributed by atoms with Gasteiger partial charge in [0.25, 0.3) is 0 Å². The maximum absolute atomic E-state index is 11.6. The number of nitrogens with one attached hydrogen (secondary N) is 2. The van der Waals surface area contributed by atoms with Crippen molar-refractivity contribution < 1.29 is 19.8 Å². The number of aliphatic carboxylic acids is 1. The first-order chi connectivity index (χ1) is 8.80. The first-order valence-electron chi connectivity index (χ1n) is 5.70. The number of carbonyl (C=O) groups is 2. The number of aryl methyl sites for hydroxylation is 1. The molecule has 0 aromatic carbocycles. The van der Waals surface area contributed by atoms with E-state index in [1.54, 1.807) is 12.3 Å². The van der Waals surface area contributed by atoms with Crippen LogP contribution in [-0.2, 0) is 4.79 Å². The van der Waals surface area contributed by atoms with Gasteiger partial charge < -0.3 is 20.8 Å². The first-order valence-corrected chi connectivity index (χ1v) is 5.70. The van der Waals surface area contributed by atoms with E-state index in [4.69, 9.17) is 5.11 Å². The third kappa shape index (κ3) is 5.35. The van der Waals surface area contributed by atoms with E-state index in [0.29, 0.717) is 5.69 Å². The van der Waals surface area contributed by atoms with Gasteiger partial charge in [-0.05, 0) is 25.5 Å². The number of aromatic nitrogens is 1. The zero-order chi connectivity index (χ0) is 14.5. The lowest BCUT2D eigenvalue weighted by Gasteiger charge is -2.21. The highest BCUT2D eigenvalue weighted by molar-refractivity contribution is 5.89. The molecule has 1 aromatic heterocycles. The number of urea groups is 1. The summed E-state index contributed by atoms with van der Waals surface area (Å²) < 4.78 is 0. The van der Waals surface area contributed by atoms with Crippen molar-refractivity contribution in [1.29, 1.82) is 0 Å². The van der Waals surface area contributed by atoms with Crippen LogP contribution in [-0.4, -0.2) is 39.3 Å². The van der Waals surface area contributed by atoms with Crippen LogP contribution in [0.4, 0.5) is 10.5 Å². The fourth-order valence-electron chi connectivity index (χ4n) is 1.42. The number of anilines is 1. The Morgan fingerprint density at radius 3 is 2.74 bits per heavy atom. The standard InChI is InChI=1S/C12H17N3O4/c1-8-3-4-13-6-9(8)15-11(18)14-7-12(2,19)5-10(16)17/h3-4,6,19H,5,7H2,1-2H3,(H,16,17)(H2,14,15,18). The molecule has 0 bridgehead atoms. The Hall–Kier alpha value is -2.15. The maximum Gasteiger partial charge on any atom is 0.319 e. The van der Waals surface area contributed by atoms with Crippen LogP contribution in [0, 0.1) is 6.92 Å². The Labute approximate surface area is 110 Å². The molecule has 1 aromatic rings. The smallest absolute Gasteiger partial charge is 0.319 e. The molecule has 1 unspecified atom stereocenters. The summed E-state index contributed by atoms with van der Waals surface area (Å²) in [6.45, 7) is 3.00. The molecule has 0 spiro atoms. The van der Waals surface area contributed by atoms with E-state index in [9.17, 15) is 14.7 Å². The molecule has 2 amide bonds. The lowest BCUT2D eigenvalue weighted by molar-refractivity contribution is -0.141. The SMILES string of the molecule is Cc1ccncc1NC(=O)NCC(C)(O)CC(=O)O. The van der Waals surface area contributed by atoms with Gasteiger partial charge in [-0.2, -0.15) is 0 Å². The number of carboxylic acids is 1. The molecule has 104 valence electrons. The van der Waals surface area contributed by atoms with Crippen LogP contribution < -0.4 is 10.6 Å². The van der Waals surface area contributed by atoms with E-state index in [0.717, 1.165) is 5.56 Å². The van der Waals surface area contributed by atoms with E-state index < -0.39 is 24.0 Å². The third-order valence-electron chi connectivity index (χ3n) is 2.45. The van der Waals surface area contributed by atoms with Gasteiger partial charge in [0.15, 0.2) is 0 Å². The number of aliphatic hydroxyl groups is 1. The van der Waals surface area contributed by atoms with Gasteiger partial charge in [-0.3, -0.25) is 9.78 Å². The van der Waals surface area contributed by atoms with Crippen molar-refractivity contribution in [3.05, 3.63) is 24.0 Å². The summed E-state index contributed by atoms with van der Waals surface area (Å²) in [5, 5.41) is 23.3. The van der Waals surface area contributed by atoms with Gasteiger partial charge in [0.05, 0.1) is 23.9 Å². The summed E-state index contributed by atoms with van der Waals surface area (Å²) in [4.78, 5) is 26.0. The van der Waals surface area contributed by atoms with E-state index in [2.05, 4.69) is 15.6 Å². The monoisotopic (exact) mass is 267 g/mol. The highest BCUT2D eigenvalue weighted by atomic mass is 16.4. The lowest BCUT2D eigenvalue weighted by atomic mass is 10.0. The molecule has 0 aliphatic carbocycles. The Morgan fingerprint density at radius 1 is 1.47 bits per heavy atom. The third-order valence-corrected chi connectivity index (χ3v) is 2.45. The lowest BCUT2D eigenvalue weighted by Crippen LogP contribution is -2.43. The Morgan fingerprint density at radius 2 is 2.16 bits per heavy atom. The molecule has 0 saturated carbocycles. The van der Waals surface area contributed by atoms with E-state index >= 15 is 0 Å². The van der Waals surface area contributed by atoms with Crippen molar-refractivity contribution in [3.63, 3.8) is 0 Å². The van der Waals surface area contributed by atoms with Crippen molar-refractivity contribution in [2.75, 3.05) is 11.9 Å². The number of hydrogen-bond donors (Lipinski definition) is 4.